The monoisotopic (exact) mass is 275 g/mol. The molecule has 0 saturated carbocycles. The fourth-order valence-corrected chi connectivity index (χ4v) is 2.19. The van der Waals surface area contributed by atoms with E-state index < -0.39 is 8.32 Å². The molecule has 0 aromatic heterocycles. The zero-order valence-electron chi connectivity index (χ0n) is 12.7. The number of para-hydroxylation sites is 1. The summed E-state index contributed by atoms with van der Waals surface area (Å²) in [7, 11) is 0.598. The average Bonchev–Trinajstić information content (AvgIpc) is 2.36. The fourth-order valence-electron chi connectivity index (χ4n) is 1.61. The van der Waals surface area contributed by atoms with Crippen LogP contribution in [-0.4, -0.2) is 22.0 Å². The van der Waals surface area contributed by atoms with Crippen molar-refractivity contribution in [1.82, 2.24) is 0 Å². The molecule has 0 spiro atoms. The van der Waals surface area contributed by atoms with Crippen molar-refractivity contribution in [2.75, 3.05) is 18.6 Å². The number of nitrogens with zero attached hydrogens (tertiary/aromatic N) is 1. The molecule has 104 valence electrons. The van der Waals surface area contributed by atoms with Crippen LogP contribution in [0, 0.1) is 0 Å². The van der Waals surface area contributed by atoms with Gasteiger partial charge >= 0.3 is 0 Å². The smallest absolute Gasteiger partial charge is 0.184 e. The third-order valence-electron chi connectivity index (χ3n) is 2.91. The van der Waals surface area contributed by atoms with E-state index in [0.717, 1.165) is 17.0 Å². The summed E-state index contributed by atoms with van der Waals surface area (Å²) >= 11 is 0. The molecule has 3 heteroatoms. The summed E-state index contributed by atoms with van der Waals surface area (Å²) in [6, 6.07) is 10.2. The topological polar surface area (TPSA) is 12.5 Å². The number of anilines is 1. The van der Waals surface area contributed by atoms with Gasteiger partial charge in [-0.25, -0.2) is 0 Å². The molecule has 1 aromatic rings. The molecule has 0 saturated heterocycles. The van der Waals surface area contributed by atoms with Crippen LogP contribution in [0.25, 0.3) is 0 Å². The number of rotatable bonds is 6. The second-order valence-electron chi connectivity index (χ2n) is 5.65. The maximum absolute atomic E-state index is 5.84. The van der Waals surface area contributed by atoms with Gasteiger partial charge in [0.2, 0.25) is 0 Å². The first-order valence-electron chi connectivity index (χ1n) is 6.60. The molecule has 0 bridgehead atoms. The van der Waals surface area contributed by atoms with Crippen molar-refractivity contribution in [2.45, 2.75) is 26.6 Å². The third-order valence-corrected chi connectivity index (χ3v) is 3.94. The Balaban J connectivity index is 2.64. The SMILES string of the molecule is C=C(/C(C)=C/CO[Si](C)(C)C)N(C)c1ccccc1. The molecule has 1 rings (SSSR count). The maximum Gasteiger partial charge on any atom is 0.184 e. The Bertz CT molecular complexity index is 446. The van der Waals surface area contributed by atoms with Gasteiger partial charge in [0, 0.05) is 18.4 Å². The molecular weight excluding hydrogens is 250 g/mol. The Morgan fingerprint density at radius 3 is 2.37 bits per heavy atom. The van der Waals surface area contributed by atoms with Crippen LogP contribution in [0.15, 0.2) is 54.3 Å². The minimum Gasteiger partial charge on any atom is -0.414 e. The summed E-state index contributed by atoms with van der Waals surface area (Å²) in [6.07, 6.45) is 2.11. The van der Waals surface area contributed by atoms with Crippen LogP contribution in [0.5, 0.6) is 0 Å². The van der Waals surface area contributed by atoms with Gasteiger partial charge in [0.25, 0.3) is 0 Å². The summed E-state index contributed by atoms with van der Waals surface area (Å²) in [6.45, 7) is 13.5. The van der Waals surface area contributed by atoms with E-state index in [9.17, 15) is 0 Å². The molecule has 0 aliphatic carbocycles. The Morgan fingerprint density at radius 2 is 1.84 bits per heavy atom. The molecule has 0 radical (unpaired) electrons. The standard InChI is InChI=1S/C16H25NOSi/c1-14(12-13-18-19(4,5)6)15(2)17(3)16-10-8-7-9-11-16/h7-12H,2,13H2,1,3-6H3/b14-12+. The van der Waals surface area contributed by atoms with Crippen LogP contribution in [0.2, 0.25) is 19.6 Å². The first-order valence-corrected chi connectivity index (χ1v) is 10.0. The van der Waals surface area contributed by atoms with Crippen LogP contribution >= 0.6 is 0 Å². The first kappa shape index (κ1) is 15.7. The van der Waals surface area contributed by atoms with Crippen molar-refractivity contribution in [3.8, 4) is 0 Å². The zero-order valence-corrected chi connectivity index (χ0v) is 13.7. The Morgan fingerprint density at radius 1 is 1.26 bits per heavy atom. The highest BCUT2D eigenvalue weighted by molar-refractivity contribution is 6.69. The highest BCUT2D eigenvalue weighted by Gasteiger charge is 2.13. The summed E-state index contributed by atoms with van der Waals surface area (Å²) in [4.78, 5) is 2.10. The minimum atomic E-state index is -1.44. The molecule has 0 N–H and O–H groups in total. The van der Waals surface area contributed by atoms with Gasteiger partial charge in [0.1, 0.15) is 0 Å². The van der Waals surface area contributed by atoms with Crippen LogP contribution in [-0.2, 0) is 4.43 Å². The average molecular weight is 275 g/mol. The maximum atomic E-state index is 5.84. The predicted molar refractivity (Wildman–Crippen MR) is 87.0 cm³/mol. The minimum absolute atomic E-state index is 0.670. The number of hydrogen-bond acceptors (Lipinski definition) is 2. The van der Waals surface area contributed by atoms with E-state index in [2.05, 4.69) is 56.3 Å². The third kappa shape index (κ3) is 5.45. The fraction of sp³-hybridized carbons (Fsp3) is 0.375. The highest BCUT2D eigenvalue weighted by Crippen LogP contribution is 2.20. The lowest BCUT2D eigenvalue weighted by atomic mass is 10.2. The lowest BCUT2D eigenvalue weighted by Crippen LogP contribution is -2.25. The van der Waals surface area contributed by atoms with Crippen LogP contribution < -0.4 is 4.90 Å². The van der Waals surface area contributed by atoms with E-state index in [0.29, 0.717) is 6.61 Å². The van der Waals surface area contributed by atoms with E-state index in [4.69, 9.17) is 4.43 Å². The molecular formula is C16H25NOSi. The van der Waals surface area contributed by atoms with Crippen molar-refractivity contribution >= 4 is 14.0 Å². The van der Waals surface area contributed by atoms with E-state index in [1.165, 1.54) is 0 Å². The number of hydrogen-bond donors (Lipinski definition) is 0. The van der Waals surface area contributed by atoms with Gasteiger partial charge in [0.05, 0.1) is 6.61 Å². The highest BCUT2D eigenvalue weighted by atomic mass is 28.4. The van der Waals surface area contributed by atoms with Gasteiger partial charge in [0.15, 0.2) is 8.32 Å². The zero-order chi connectivity index (χ0) is 14.5. The van der Waals surface area contributed by atoms with E-state index >= 15 is 0 Å². The van der Waals surface area contributed by atoms with Gasteiger partial charge in [-0.05, 0) is 44.3 Å². The molecule has 1 aromatic carbocycles. The van der Waals surface area contributed by atoms with Crippen molar-refractivity contribution in [2.24, 2.45) is 0 Å². The number of benzene rings is 1. The normalized spacial score (nSPS) is 12.4. The van der Waals surface area contributed by atoms with Crippen LogP contribution in [0.4, 0.5) is 5.69 Å². The van der Waals surface area contributed by atoms with Crippen molar-refractivity contribution in [1.29, 1.82) is 0 Å². The quantitative estimate of drug-likeness (QED) is 0.562. The molecule has 0 aliphatic rings. The number of allylic oxidation sites excluding steroid dienone is 1. The predicted octanol–water partition coefficient (Wildman–Crippen LogP) is 4.43. The van der Waals surface area contributed by atoms with Gasteiger partial charge in [-0.2, -0.15) is 0 Å². The van der Waals surface area contributed by atoms with E-state index in [1.807, 2.05) is 25.2 Å². The Labute approximate surface area is 118 Å². The van der Waals surface area contributed by atoms with Gasteiger partial charge in [-0.1, -0.05) is 30.9 Å². The van der Waals surface area contributed by atoms with E-state index in [-0.39, 0.29) is 0 Å². The van der Waals surface area contributed by atoms with Crippen LogP contribution in [0.1, 0.15) is 6.92 Å². The van der Waals surface area contributed by atoms with E-state index in [1.54, 1.807) is 0 Å². The van der Waals surface area contributed by atoms with Crippen molar-refractivity contribution < 1.29 is 4.43 Å². The molecule has 0 atom stereocenters. The molecule has 0 heterocycles. The molecule has 0 unspecified atom stereocenters. The number of likely N-dealkylation sites (N-methyl/N-ethyl adjacent to an activating group) is 1. The molecule has 0 aliphatic heterocycles. The molecule has 0 fully saturated rings. The van der Waals surface area contributed by atoms with Crippen molar-refractivity contribution in [3.63, 3.8) is 0 Å². The van der Waals surface area contributed by atoms with Crippen molar-refractivity contribution in [3.05, 3.63) is 54.3 Å². The lowest BCUT2D eigenvalue weighted by molar-refractivity contribution is 0.356. The molecule has 19 heavy (non-hydrogen) atoms. The lowest BCUT2D eigenvalue weighted by Gasteiger charge is -2.23. The molecule has 2 nitrogen and oxygen atoms in total. The second kappa shape index (κ2) is 6.73. The second-order valence-corrected chi connectivity index (χ2v) is 10.2. The Hall–Kier alpha value is -1.32. The summed E-state index contributed by atoms with van der Waals surface area (Å²) in [5.41, 5.74) is 3.31. The van der Waals surface area contributed by atoms with Gasteiger partial charge < -0.3 is 9.33 Å². The van der Waals surface area contributed by atoms with Crippen LogP contribution in [0.3, 0.4) is 0 Å². The van der Waals surface area contributed by atoms with Gasteiger partial charge in [-0.3, -0.25) is 0 Å². The summed E-state index contributed by atoms with van der Waals surface area (Å²) in [5, 5.41) is 0. The summed E-state index contributed by atoms with van der Waals surface area (Å²) < 4.78 is 5.84. The summed E-state index contributed by atoms with van der Waals surface area (Å²) in [5.74, 6) is 0. The Kier molecular flexibility index (Phi) is 5.57. The first-order chi connectivity index (χ1) is 8.81. The largest absolute Gasteiger partial charge is 0.414 e. The van der Waals surface area contributed by atoms with Gasteiger partial charge in [-0.15, -0.1) is 0 Å². The molecule has 0 amide bonds.